The number of ether oxygens (including phenoxy) is 1. The Morgan fingerprint density at radius 2 is 1.50 bits per heavy atom. The number of carbonyl (C=O) groups excluding carboxylic acids is 2. The van der Waals surface area contributed by atoms with Crippen LogP contribution in [0.2, 0.25) is 0 Å². The first-order valence-corrected chi connectivity index (χ1v) is 9.51. The molecule has 0 atom stereocenters. The van der Waals surface area contributed by atoms with Gasteiger partial charge in [0.2, 0.25) is 5.91 Å². The summed E-state index contributed by atoms with van der Waals surface area (Å²) in [6, 6.07) is 14.4. The summed E-state index contributed by atoms with van der Waals surface area (Å²) in [7, 11) is 0. The van der Waals surface area contributed by atoms with Crippen LogP contribution in [0.4, 0.5) is 11.4 Å². The molecule has 0 aliphatic rings. The van der Waals surface area contributed by atoms with Gasteiger partial charge in [0, 0.05) is 23.0 Å². The monoisotopic (exact) mass is 383 g/mol. The van der Waals surface area contributed by atoms with Gasteiger partial charge in [0.15, 0.2) is 0 Å². The maximum absolute atomic E-state index is 12.1. The minimum absolute atomic E-state index is 0.0776. The first-order chi connectivity index (χ1) is 13.3. The highest BCUT2D eigenvalue weighted by Gasteiger charge is 2.08. The highest BCUT2D eigenvalue weighted by molar-refractivity contribution is 5.96. The summed E-state index contributed by atoms with van der Waals surface area (Å²) in [5.74, 6) is 0.986. The lowest BCUT2D eigenvalue weighted by Gasteiger charge is -2.11. The Hall–Kier alpha value is -3.02. The molecule has 2 aromatic carbocycles. The highest BCUT2D eigenvalue weighted by atomic mass is 16.5. The molecule has 6 heteroatoms. The van der Waals surface area contributed by atoms with Gasteiger partial charge in [-0.25, -0.2) is 0 Å². The molecule has 2 rings (SSSR count). The van der Waals surface area contributed by atoms with E-state index < -0.39 is 0 Å². The molecule has 0 fully saturated rings. The molecule has 2 aromatic rings. The van der Waals surface area contributed by atoms with Crippen molar-refractivity contribution in [1.82, 2.24) is 5.32 Å². The van der Waals surface area contributed by atoms with Gasteiger partial charge in [-0.05, 0) is 68.3 Å². The second kappa shape index (κ2) is 10.3. The number of hydrogen-bond donors (Lipinski definition) is 3. The molecule has 0 aliphatic carbocycles. The maximum atomic E-state index is 12.1. The van der Waals surface area contributed by atoms with Crippen LogP contribution in [-0.2, 0) is 4.79 Å². The molecule has 0 unspecified atom stereocenters. The molecule has 0 spiro atoms. The van der Waals surface area contributed by atoms with Gasteiger partial charge in [-0.15, -0.1) is 0 Å². The predicted molar refractivity (Wildman–Crippen MR) is 113 cm³/mol. The number of benzene rings is 2. The zero-order chi connectivity index (χ0) is 20.5. The first-order valence-electron chi connectivity index (χ1n) is 9.51. The van der Waals surface area contributed by atoms with E-state index in [1.165, 1.54) is 0 Å². The normalized spacial score (nSPS) is 10.6. The Labute approximate surface area is 166 Å². The minimum atomic E-state index is -0.167. The van der Waals surface area contributed by atoms with Crippen LogP contribution < -0.4 is 20.7 Å². The SMILES string of the molecule is CC(C)COc1ccc(NCC(=O)Nc2ccc(C(=O)NC(C)C)cc2)cc1. The number of carbonyl (C=O) groups is 2. The molecular weight excluding hydrogens is 354 g/mol. The summed E-state index contributed by atoms with van der Waals surface area (Å²) in [4.78, 5) is 24.0. The van der Waals surface area contributed by atoms with Crippen molar-refractivity contribution < 1.29 is 14.3 Å². The fraction of sp³-hybridized carbons (Fsp3) is 0.364. The number of hydrogen-bond acceptors (Lipinski definition) is 4. The summed E-state index contributed by atoms with van der Waals surface area (Å²) in [5.41, 5.74) is 2.04. The Morgan fingerprint density at radius 1 is 0.893 bits per heavy atom. The summed E-state index contributed by atoms with van der Waals surface area (Å²) in [6.07, 6.45) is 0. The van der Waals surface area contributed by atoms with E-state index in [2.05, 4.69) is 29.8 Å². The summed E-state index contributed by atoms with van der Waals surface area (Å²) in [5, 5.41) is 8.71. The van der Waals surface area contributed by atoms with Crippen molar-refractivity contribution in [2.45, 2.75) is 33.7 Å². The van der Waals surface area contributed by atoms with Gasteiger partial charge in [-0.2, -0.15) is 0 Å². The fourth-order valence-corrected chi connectivity index (χ4v) is 2.37. The molecular formula is C22H29N3O3. The van der Waals surface area contributed by atoms with E-state index >= 15 is 0 Å². The van der Waals surface area contributed by atoms with Crippen LogP contribution in [0, 0.1) is 5.92 Å². The quantitative estimate of drug-likeness (QED) is 0.613. The molecule has 0 bridgehead atoms. The minimum Gasteiger partial charge on any atom is -0.493 e. The molecule has 3 N–H and O–H groups in total. The summed E-state index contributed by atoms with van der Waals surface area (Å²) >= 11 is 0. The lowest BCUT2D eigenvalue weighted by molar-refractivity contribution is -0.114. The largest absolute Gasteiger partial charge is 0.493 e. The fourth-order valence-electron chi connectivity index (χ4n) is 2.37. The van der Waals surface area contributed by atoms with Crippen LogP contribution >= 0.6 is 0 Å². The number of anilines is 2. The lowest BCUT2D eigenvalue weighted by Crippen LogP contribution is -2.30. The zero-order valence-electron chi connectivity index (χ0n) is 16.9. The van der Waals surface area contributed by atoms with Gasteiger partial charge in [0.25, 0.3) is 5.91 Å². The Kier molecular flexibility index (Phi) is 7.87. The van der Waals surface area contributed by atoms with Crippen molar-refractivity contribution in [3.8, 4) is 5.75 Å². The van der Waals surface area contributed by atoms with E-state index in [1.807, 2.05) is 38.1 Å². The van der Waals surface area contributed by atoms with E-state index in [9.17, 15) is 9.59 Å². The van der Waals surface area contributed by atoms with Crippen molar-refractivity contribution in [2.24, 2.45) is 5.92 Å². The molecule has 0 saturated carbocycles. The molecule has 0 heterocycles. The second-order valence-electron chi connectivity index (χ2n) is 7.34. The van der Waals surface area contributed by atoms with Crippen LogP contribution in [0.1, 0.15) is 38.1 Å². The maximum Gasteiger partial charge on any atom is 0.251 e. The molecule has 28 heavy (non-hydrogen) atoms. The molecule has 0 aliphatic heterocycles. The van der Waals surface area contributed by atoms with Gasteiger partial charge in [0.1, 0.15) is 5.75 Å². The van der Waals surface area contributed by atoms with Crippen LogP contribution in [0.25, 0.3) is 0 Å². The van der Waals surface area contributed by atoms with Gasteiger partial charge >= 0.3 is 0 Å². The molecule has 0 aromatic heterocycles. The third-order valence-corrected chi connectivity index (χ3v) is 3.74. The van der Waals surface area contributed by atoms with E-state index in [0.717, 1.165) is 11.4 Å². The van der Waals surface area contributed by atoms with Crippen LogP contribution in [0.3, 0.4) is 0 Å². The number of nitrogens with one attached hydrogen (secondary N) is 3. The number of amides is 2. The van der Waals surface area contributed by atoms with E-state index in [1.54, 1.807) is 24.3 Å². The molecule has 150 valence electrons. The van der Waals surface area contributed by atoms with Crippen molar-refractivity contribution in [3.63, 3.8) is 0 Å². The molecule has 0 saturated heterocycles. The van der Waals surface area contributed by atoms with E-state index in [4.69, 9.17) is 4.74 Å². The Morgan fingerprint density at radius 3 is 2.07 bits per heavy atom. The third kappa shape index (κ3) is 7.31. The predicted octanol–water partition coefficient (Wildman–Crippen LogP) is 3.91. The summed E-state index contributed by atoms with van der Waals surface area (Å²) < 4.78 is 5.64. The lowest BCUT2D eigenvalue weighted by atomic mass is 10.2. The average Bonchev–Trinajstić information content (AvgIpc) is 2.65. The third-order valence-electron chi connectivity index (χ3n) is 3.74. The zero-order valence-corrected chi connectivity index (χ0v) is 16.9. The Bertz CT molecular complexity index is 769. The van der Waals surface area contributed by atoms with E-state index in [-0.39, 0.29) is 24.4 Å². The number of rotatable bonds is 9. The standard InChI is InChI=1S/C22H29N3O3/c1-15(2)14-28-20-11-9-18(10-12-20)23-13-21(26)25-19-7-5-17(6-8-19)22(27)24-16(3)4/h5-12,15-16,23H,13-14H2,1-4H3,(H,24,27)(H,25,26). The smallest absolute Gasteiger partial charge is 0.251 e. The summed E-state index contributed by atoms with van der Waals surface area (Å²) in [6.45, 7) is 8.83. The van der Waals surface area contributed by atoms with Gasteiger partial charge in [-0.3, -0.25) is 9.59 Å². The molecule has 6 nitrogen and oxygen atoms in total. The van der Waals surface area contributed by atoms with Crippen LogP contribution in [-0.4, -0.2) is 31.0 Å². The Balaban J connectivity index is 1.80. The average molecular weight is 383 g/mol. The molecule has 0 radical (unpaired) electrons. The topological polar surface area (TPSA) is 79.5 Å². The van der Waals surface area contributed by atoms with Crippen LogP contribution in [0.5, 0.6) is 5.75 Å². The highest BCUT2D eigenvalue weighted by Crippen LogP contribution is 2.16. The van der Waals surface area contributed by atoms with Crippen LogP contribution in [0.15, 0.2) is 48.5 Å². The van der Waals surface area contributed by atoms with E-state index in [0.29, 0.717) is 23.8 Å². The molecule has 2 amide bonds. The van der Waals surface area contributed by atoms with Crippen molar-refractivity contribution >= 4 is 23.2 Å². The van der Waals surface area contributed by atoms with Crippen molar-refractivity contribution in [3.05, 3.63) is 54.1 Å². The van der Waals surface area contributed by atoms with Gasteiger partial charge in [-0.1, -0.05) is 13.8 Å². The van der Waals surface area contributed by atoms with Gasteiger partial charge in [0.05, 0.1) is 13.2 Å². The van der Waals surface area contributed by atoms with Crippen molar-refractivity contribution in [1.29, 1.82) is 0 Å². The first kappa shape index (κ1) is 21.3. The van der Waals surface area contributed by atoms with Gasteiger partial charge < -0.3 is 20.7 Å². The van der Waals surface area contributed by atoms with Crippen molar-refractivity contribution in [2.75, 3.05) is 23.8 Å². The second-order valence-corrected chi connectivity index (χ2v) is 7.34.